The number of carboxylic acid groups (broad SMARTS) is 1. The number of halogens is 3. The summed E-state index contributed by atoms with van der Waals surface area (Å²) in [4.78, 5) is 10.9. The number of rotatable bonds is 3. The third-order valence-electron chi connectivity index (χ3n) is 3.04. The van der Waals surface area contributed by atoms with Crippen LogP contribution < -0.4 is 5.32 Å². The molecule has 1 saturated carbocycles. The summed E-state index contributed by atoms with van der Waals surface area (Å²) in [6.07, 6.45) is -4.09. The summed E-state index contributed by atoms with van der Waals surface area (Å²) in [5.41, 5.74) is -1.64. The lowest BCUT2D eigenvalue weighted by Gasteiger charge is -2.33. The SMILES string of the molecule is O=C(O)c1cc(NC2CC(O)C2)ccc1C(F)(F)F. The number of carbonyl (C=O) groups is 1. The lowest BCUT2D eigenvalue weighted by atomic mass is 9.89. The molecule has 1 aromatic rings. The highest BCUT2D eigenvalue weighted by Gasteiger charge is 2.35. The molecule has 19 heavy (non-hydrogen) atoms. The second-order valence-corrected chi connectivity index (χ2v) is 4.53. The van der Waals surface area contributed by atoms with Crippen molar-refractivity contribution in [1.82, 2.24) is 0 Å². The summed E-state index contributed by atoms with van der Waals surface area (Å²) >= 11 is 0. The largest absolute Gasteiger partial charge is 0.478 e. The van der Waals surface area contributed by atoms with Gasteiger partial charge in [0.25, 0.3) is 0 Å². The van der Waals surface area contributed by atoms with Crippen LogP contribution in [0.1, 0.15) is 28.8 Å². The van der Waals surface area contributed by atoms with Gasteiger partial charge >= 0.3 is 12.1 Å². The molecule has 0 atom stereocenters. The lowest BCUT2D eigenvalue weighted by Crippen LogP contribution is -2.39. The maximum atomic E-state index is 12.6. The quantitative estimate of drug-likeness (QED) is 0.792. The van der Waals surface area contributed by atoms with E-state index in [1.807, 2.05) is 0 Å². The van der Waals surface area contributed by atoms with Gasteiger partial charge in [-0.3, -0.25) is 0 Å². The number of aliphatic hydroxyl groups is 1. The van der Waals surface area contributed by atoms with E-state index in [4.69, 9.17) is 10.2 Å². The number of aromatic carboxylic acids is 1. The van der Waals surface area contributed by atoms with E-state index in [-0.39, 0.29) is 6.04 Å². The van der Waals surface area contributed by atoms with Crippen LogP contribution >= 0.6 is 0 Å². The van der Waals surface area contributed by atoms with Crippen LogP contribution in [0.4, 0.5) is 18.9 Å². The molecule has 0 saturated heterocycles. The number of alkyl halides is 3. The Balaban J connectivity index is 2.24. The molecule has 0 heterocycles. The number of hydrogen-bond donors (Lipinski definition) is 3. The van der Waals surface area contributed by atoms with Crippen molar-refractivity contribution < 1.29 is 28.2 Å². The van der Waals surface area contributed by atoms with Gasteiger partial charge < -0.3 is 15.5 Å². The van der Waals surface area contributed by atoms with Crippen molar-refractivity contribution in [2.45, 2.75) is 31.2 Å². The Labute approximate surface area is 106 Å². The van der Waals surface area contributed by atoms with Gasteiger partial charge in [0.1, 0.15) is 0 Å². The molecule has 1 fully saturated rings. The molecule has 0 bridgehead atoms. The molecule has 3 N–H and O–H groups in total. The normalized spacial score (nSPS) is 22.7. The molecule has 0 amide bonds. The molecular weight excluding hydrogens is 263 g/mol. The van der Waals surface area contributed by atoms with Crippen molar-refractivity contribution in [3.8, 4) is 0 Å². The van der Waals surface area contributed by atoms with Gasteiger partial charge in [0.05, 0.1) is 17.2 Å². The third kappa shape index (κ3) is 2.98. The average Bonchev–Trinajstić information content (AvgIpc) is 2.25. The van der Waals surface area contributed by atoms with Gasteiger partial charge in [-0.25, -0.2) is 4.79 Å². The first kappa shape index (κ1) is 13.7. The number of benzene rings is 1. The monoisotopic (exact) mass is 275 g/mol. The van der Waals surface area contributed by atoms with Gasteiger partial charge in [0, 0.05) is 11.7 Å². The minimum Gasteiger partial charge on any atom is -0.478 e. The van der Waals surface area contributed by atoms with Gasteiger partial charge in [0.2, 0.25) is 0 Å². The van der Waals surface area contributed by atoms with Crippen LogP contribution in [0.15, 0.2) is 18.2 Å². The zero-order chi connectivity index (χ0) is 14.2. The standard InChI is InChI=1S/C12H12F3NO3/c13-12(14,15)10-2-1-6(5-9(10)11(18)19)16-7-3-8(17)4-7/h1-2,5,7-8,16-17H,3-4H2,(H,18,19). The fraction of sp³-hybridized carbons (Fsp3) is 0.417. The number of carboxylic acids is 1. The van der Waals surface area contributed by atoms with Crippen LogP contribution in [0.3, 0.4) is 0 Å². The summed E-state index contributed by atoms with van der Waals surface area (Å²) in [5, 5.41) is 20.8. The van der Waals surface area contributed by atoms with Gasteiger partial charge in [-0.1, -0.05) is 0 Å². The van der Waals surface area contributed by atoms with Crippen molar-refractivity contribution in [3.05, 3.63) is 29.3 Å². The van der Waals surface area contributed by atoms with Crippen molar-refractivity contribution in [1.29, 1.82) is 0 Å². The lowest BCUT2D eigenvalue weighted by molar-refractivity contribution is -0.138. The predicted octanol–water partition coefficient (Wildman–Crippen LogP) is 2.34. The molecule has 0 aromatic heterocycles. The van der Waals surface area contributed by atoms with E-state index in [0.29, 0.717) is 18.5 Å². The highest BCUT2D eigenvalue weighted by molar-refractivity contribution is 5.91. The Kier molecular flexibility index (Phi) is 3.40. The summed E-state index contributed by atoms with van der Waals surface area (Å²) in [6.45, 7) is 0. The molecular formula is C12H12F3NO3. The first-order chi connectivity index (χ1) is 8.77. The summed E-state index contributed by atoms with van der Waals surface area (Å²) in [5.74, 6) is -1.62. The number of nitrogens with one attached hydrogen (secondary N) is 1. The molecule has 2 rings (SSSR count). The van der Waals surface area contributed by atoms with E-state index < -0.39 is 29.4 Å². The van der Waals surface area contributed by atoms with Crippen LogP contribution in [-0.4, -0.2) is 28.3 Å². The van der Waals surface area contributed by atoms with E-state index in [1.54, 1.807) is 0 Å². The van der Waals surface area contributed by atoms with E-state index in [2.05, 4.69) is 5.32 Å². The molecule has 1 aromatic carbocycles. The first-order valence-corrected chi connectivity index (χ1v) is 5.66. The Morgan fingerprint density at radius 3 is 2.42 bits per heavy atom. The van der Waals surface area contributed by atoms with E-state index >= 15 is 0 Å². The first-order valence-electron chi connectivity index (χ1n) is 5.66. The second-order valence-electron chi connectivity index (χ2n) is 4.53. The molecule has 104 valence electrons. The summed E-state index contributed by atoms with van der Waals surface area (Å²) in [7, 11) is 0. The van der Waals surface area contributed by atoms with E-state index in [9.17, 15) is 18.0 Å². The van der Waals surface area contributed by atoms with Gasteiger partial charge in [0.15, 0.2) is 0 Å². The van der Waals surface area contributed by atoms with Crippen LogP contribution in [-0.2, 0) is 6.18 Å². The van der Waals surface area contributed by atoms with Gasteiger partial charge in [-0.15, -0.1) is 0 Å². The summed E-state index contributed by atoms with van der Waals surface area (Å²) < 4.78 is 37.8. The fourth-order valence-electron chi connectivity index (χ4n) is 2.00. The molecule has 0 unspecified atom stereocenters. The molecule has 0 spiro atoms. The molecule has 4 nitrogen and oxygen atoms in total. The Hall–Kier alpha value is -1.76. The number of anilines is 1. The van der Waals surface area contributed by atoms with Crippen LogP contribution in [0.2, 0.25) is 0 Å². The fourth-order valence-corrected chi connectivity index (χ4v) is 2.00. The second kappa shape index (κ2) is 4.73. The minimum absolute atomic E-state index is 0.0339. The topological polar surface area (TPSA) is 69.6 Å². The van der Waals surface area contributed by atoms with Crippen molar-refractivity contribution >= 4 is 11.7 Å². The Morgan fingerprint density at radius 2 is 1.95 bits per heavy atom. The van der Waals surface area contributed by atoms with E-state index in [1.165, 1.54) is 6.07 Å². The smallest absolute Gasteiger partial charge is 0.417 e. The minimum atomic E-state index is -4.70. The average molecular weight is 275 g/mol. The highest BCUT2D eigenvalue weighted by atomic mass is 19.4. The molecule has 0 radical (unpaired) electrons. The number of aliphatic hydroxyl groups excluding tert-OH is 1. The van der Waals surface area contributed by atoms with Crippen LogP contribution in [0.5, 0.6) is 0 Å². The molecule has 1 aliphatic carbocycles. The third-order valence-corrected chi connectivity index (χ3v) is 3.04. The van der Waals surface area contributed by atoms with Crippen molar-refractivity contribution in [3.63, 3.8) is 0 Å². The maximum Gasteiger partial charge on any atom is 0.417 e. The Morgan fingerprint density at radius 1 is 1.32 bits per heavy atom. The Bertz CT molecular complexity index is 495. The van der Waals surface area contributed by atoms with Gasteiger partial charge in [-0.05, 0) is 31.0 Å². The predicted molar refractivity (Wildman–Crippen MR) is 61.1 cm³/mol. The van der Waals surface area contributed by atoms with Crippen LogP contribution in [0, 0.1) is 0 Å². The maximum absolute atomic E-state index is 12.6. The van der Waals surface area contributed by atoms with Crippen molar-refractivity contribution in [2.24, 2.45) is 0 Å². The zero-order valence-corrected chi connectivity index (χ0v) is 9.74. The van der Waals surface area contributed by atoms with E-state index in [0.717, 1.165) is 12.1 Å². The van der Waals surface area contributed by atoms with Gasteiger partial charge in [-0.2, -0.15) is 13.2 Å². The molecule has 1 aliphatic rings. The zero-order valence-electron chi connectivity index (χ0n) is 9.74. The number of hydrogen-bond acceptors (Lipinski definition) is 3. The molecule has 0 aliphatic heterocycles. The molecule has 7 heteroatoms. The van der Waals surface area contributed by atoms with Crippen LogP contribution in [0.25, 0.3) is 0 Å². The highest BCUT2D eigenvalue weighted by Crippen LogP contribution is 2.34. The van der Waals surface area contributed by atoms with Crippen molar-refractivity contribution in [2.75, 3.05) is 5.32 Å². The summed E-state index contributed by atoms with van der Waals surface area (Å²) in [6, 6.07) is 2.88.